The van der Waals surface area contributed by atoms with Crippen LogP contribution >= 0.6 is 0 Å². The van der Waals surface area contributed by atoms with Crippen LogP contribution in [0.1, 0.15) is 5.56 Å². The number of benzene rings is 8. The van der Waals surface area contributed by atoms with Crippen molar-refractivity contribution in [2.45, 2.75) is 6.92 Å². The van der Waals surface area contributed by atoms with Gasteiger partial charge in [0.05, 0.1) is 0 Å². The smallest absolute Gasteiger partial charge is 0.00264 e. The molecule has 0 amide bonds. The van der Waals surface area contributed by atoms with Gasteiger partial charge in [-0.2, -0.15) is 0 Å². The van der Waals surface area contributed by atoms with E-state index < -0.39 is 0 Å². The van der Waals surface area contributed by atoms with Crippen LogP contribution in [-0.4, -0.2) is 0 Å². The van der Waals surface area contributed by atoms with E-state index in [9.17, 15) is 0 Å². The van der Waals surface area contributed by atoms with Crippen molar-refractivity contribution >= 4 is 53.9 Å². The molecule has 0 N–H and O–H groups in total. The molecule has 0 heterocycles. The number of hydrogen-bond donors (Lipinski definition) is 0. The van der Waals surface area contributed by atoms with Crippen LogP contribution in [0, 0.1) is 6.92 Å². The summed E-state index contributed by atoms with van der Waals surface area (Å²) in [7, 11) is 0. The maximum absolute atomic E-state index is 2.38. The standard InChI is InChI=1S/C39H26/c1-25-29-13-2-8-19-36(29)39(37-20-9-3-14-30(25)37)28-12-10-11-26(23-28)27-21-22-35-33-17-5-4-15-31(33)32-16-6-7-18-34(32)38(35)24-27/h2-24H,1H3. The SMILES string of the molecule is Cc1c2ccccc2c(-c2cccc(-c3ccc4c5ccccc5c5ccccc5c4c3)c2)c2ccccc12. The maximum Gasteiger partial charge on any atom is -0.00264 e. The average molecular weight is 495 g/mol. The van der Waals surface area contributed by atoms with Crippen LogP contribution in [0.25, 0.3) is 76.1 Å². The summed E-state index contributed by atoms with van der Waals surface area (Å²) in [5.74, 6) is 0. The van der Waals surface area contributed by atoms with Crippen molar-refractivity contribution in [1.29, 1.82) is 0 Å². The van der Waals surface area contributed by atoms with Crippen LogP contribution in [0.3, 0.4) is 0 Å². The Morgan fingerprint density at radius 2 is 0.692 bits per heavy atom. The van der Waals surface area contributed by atoms with Gasteiger partial charge in [0.25, 0.3) is 0 Å². The van der Waals surface area contributed by atoms with Crippen LogP contribution in [0.2, 0.25) is 0 Å². The molecule has 0 heteroatoms. The number of fused-ring (bicyclic) bond motifs is 8. The van der Waals surface area contributed by atoms with Crippen LogP contribution in [0.15, 0.2) is 140 Å². The first-order valence-electron chi connectivity index (χ1n) is 13.6. The topological polar surface area (TPSA) is 0 Å². The highest BCUT2D eigenvalue weighted by Gasteiger charge is 2.14. The summed E-state index contributed by atoms with van der Waals surface area (Å²) in [5.41, 5.74) is 6.38. The van der Waals surface area contributed by atoms with Crippen LogP contribution in [0.5, 0.6) is 0 Å². The van der Waals surface area contributed by atoms with Gasteiger partial charge >= 0.3 is 0 Å². The van der Waals surface area contributed by atoms with E-state index in [1.165, 1.54) is 81.7 Å². The molecule has 0 aliphatic carbocycles. The van der Waals surface area contributed by atoms with Gasteiger partial charge in [0.2, 0.25) is 0 Å². The molecule has 0 aromatic heterocycles. The first kappa shape index (κ1) is 22.1. The zero-order valence-electron chi connectivity index (χ0n) is 21.8. The van der Waals surface area contributed by atoms with Gasteiger partial charge in [0.1, 0.15) is 0 Å². The molecule has 8 aromatic carbocycles. The fourth-order valence-electron chi connectivity index (χ4n) is 6.60. The van der Waals surface area contributed by atoms with Gasteiger partial charge in [-0.1, -0.05) is 127 Å². The first-order valence-corrected chi connectivity index (χ1v) is 13.6. The lowest BCUT2D eigenvalue weighted by Crippen LogP contribution is -1.90. The number of hydrogen-bond acceptors (Lipinski definition) is 0. The molecule has 0 aliphatic rings. The Labute approximate surface area is 227 Å². The Morgan fingerprint density at radius 1 is 0.282 bits per heavy atom. The summed E-state index contributed by atoms with van der Waals surface area (Å²) in [4.78, 5) is 0. The molecule has 0 saturated heterocycles. The molecule has 0 fully saturated rings. The van der Waals surface area contributed by atoms with E-state index >= 15 is 0 Å². The summed E-state index contributed by atoms with van der Waals surface area (Å²) < 4.78 is 0. The summed E-state index contributed by atoms with van der Waals surface area (Å²) in [6.07, 6.45) is 0. The van der Waals surface area contributed by atoms with Gasteiger partial charge in [0.15, 0.2) is 0 Å². The molecule has 0 aliphatic heterocycles. The van der Waals surface area contributed by atoms with E-state index in [1.807, 2.05) is 0 Å². The van der Waals surface area contributed by atoms with Crippen LogP contribution in [-0.2, 0) is 0 Å². The Morgan fingerprint density at radius 3 is 1.26 bits per heavy atom. The van der Waals surface area contributed by atoms with Crippen LogP contribution in [0.4, 0.5) is 0 Å². The lowest BCUT2D eigenvalue weighted by Gasteiger charge is -2.16. The maximum atomic E-state index is 2.38. The third-order valence-electron chi connectivity index (χ3n) is 8.43. The molecule has 8 aromatic rings. The zero-order chi connectivity index (χ0) is 25.9. The Hall–Kier alpha value is -4.94. The van der Waals surface area contributed by atoms with Crippen molar-refractivity contribution in [2.24, 2.45) is 0 Å². The van der Waals surface area contributed by atoms with Crippen molar-refractivity contribution in [3.05, 3.63) is 145 Å². The predicted octanol–water partition coefficient (Wildman–Crippen LogP) is 11.1. The van der Waals surface area contributed by atoms with E-state index in [0.717, 1.165) is 0 Å². The van der Waals surface area contributed by atoms with Gasteiger partial charge in [-0.3, -0.25) is 0 Å². The Bertz CT molecular complexity index is 2140. The molecule has 0 atom stereocenters. The molecular formula is C39H26. The van der Waals surface area contributed by atoms with E-state index in [4.69, 9.17) is 0 Å². The number of aryl methyl sites for hydroxylation is 1. The van der Waals surface area contributed by atoms with Crippen LogP contribution < -0.4 is 0 Å². The second-order valence-electron chi connectivity index (χ2n) is 10.5. The summed E-state index contributed by atoms with van der Waals surface area (Å²) in [6.45, 7) is 2.24. The third-order valence-corrected chi connectivity index (χ3v) is 8.43. The highest BCUT2D eigenvalue weighted by Crippen LogP contribution is 2.41. The largest absolute Gasteiger partial charge is 0.0616 e. The average Bonchev–Trinajstić information content (AvgIpc) is 3.01. The molecule has 0 spiro atoms. The molecule has 0 radical (unpaired) electrons. The predicted molar refractivity (Wildman–Crippen MR) is 170 cm³/mol. The van der Waals surface area contributed by atoms with Crippen molar-refractivity contribution in [3.63, 3.8) is 0 Å². The van der Waals surface area contributed by atoms with Crippen molar-refractivity contribution in [3.8, 4) is 22.3 Å². The summed E-state index contributed by atoms with van der Waals surface area (Å²) in [5, 5.41) is 13.1. The van der Waals surface area contributed by atoms with E-state index in [-0.39, 0.29) is 0 Å². The molecule has 182 valence electrons. The summed E-state index contributed by atoms with van der Waals surface area (Å²) in [6, 6.07) is 51.3. The Balaban J connectivity index is 1.39. The van der Waals surface area contributed by atoms with Gasteiger partial charge in [0, 0.05) is 0 Å². The normalized spacial score (nSPS) is 11.7. The third kappa shape index (κ3) is 3.32. The van der Waals surface area contributed by atoms with E-state index in [2.05, 4.69) is 146 Å². The minimum Gasteiger partial charge on any atom is -0.0616 e. The fourth-order valence-corrected chi connectivity index (χ4v) is 6.60. The quantitative estimate of drug-likeness (QED) is 0.166. The fraction of sp³-hybridized carbons (Fsp3) is 0.0256. The first-order chi connectivity index (χ1) is 19.3. The molecule has 0 unspecified atom stereocenters. The van der Waals surface area contributed by atoms with Gasteiger partial charge in [-0.05, 0) is 101 Å². The molecule has 0 saturated carbocycles. The van der Waals surface area contributed by atoms with Gasteiger partial charge in [-0.25, -0.2) is 0 Å². The minimum atomic E-state index is 1.24. The van der Waals surface area contributed by atoms with E-state index in [1.54, 1.807) is 0 Å². The molecule has 0 bridgehead atoms. The molecule has 8 rings (SSSR count). The molecular weight excluding hydrogens is 468 g/mol. The molecule has 0 nitrogen and oxygen atoms in total. The Kier molecular flexibility index (Phi) is 4.84. The van der Waals surface area contributed by atoms with Crippen molar-refractivity contribution < 1.29 is 0 Å². The minimum absolute atomic E-state index is 1.24. The highest BCUT2D eigenvalue weighted by molar-refractivity contribution is 6.25. The summed E-state index contributed by atoms with van der Waals surface area (Å²) >= 11 is 0. The van der Waals surface area contributed by atoms with Gasteiger partial charge < -0.3 is 0 Å². The lowest BCUT2D eigenvalue weighted by molar-refractivity contribution is 1.57. The second kappa shape index (κ2) is 8.55. The number of rotatable bonds is 2. The van der Waals surface area contributed by atoms with Crippen molar-refractivity contribution in [2.75, 3.05) is 0 Å². The zero-order valence-corrected chi connectivity index (χ0v) is 21.8. The monoisotopic (exact) mass is 494 g/mol. The lowest BCUT2D eigenvalue weighted by atomic mass is 9.87. The van der Waals surface area contributed by atoms with Crippen molar-refractivity contribution in [1.82, 2.24) is 0 Å². The second-order valence-corrected chi connectivity index (χ2v) is 10.5. The van der Waals surface area contributed by atoms with Gasteiger partial charge in [-0.15, -0.1) is 0 Å². The highest BCUT2D eigenvalue weighted by atomic mass is 14.2. The molecule has 39 heavy (non-hydrogen) atoms. The van der Waals surface area contributed by atoms with E-state index in [0.29, 0.717) is 0 Å².